The molecule has 0 aliphatic heterocycles. The van der Waals surface area contributed by atoms with Crippen molar-refractivity contribution >= 4 is 16.8 Å². The number of aromatic nitrogens is 3. The van der Waals surface area contributed by atoms with Crippen LogP contribution in [0.2, 0.25) is 0 Å². The van der Waals surface area contributed by atoms with Crippen molar-refractivity contribution in [3.05, 3.63) is 23.5 Å². The lowest BCUT2D eigenvalue weighted by molar-refractivity contribution is -0.158. The number of carbonyl (C=O) groups excluding carboxylic acids is 1. The number of fused-ring (bicyclic) bond motifs is 6. The van der Waals surface area contributed by atoms with E-state index in [0.717, 1.165) is 50.0 Å². The molecule has 1 aromatic heterocycles. The van der Waals surface area contributed by atoms with Crippen LogP contribution in [0, 0.1) is 53.2 Å². The molecule has 6 heteroatoms. The molecule has 4 fully saturated rings. The molecule has 4 aliphatic rings. The van der Waals surface area contributed by atoms with Crippen LogP contribution in [0.15, 0.2) is 12.1 Å². The maximum Gasteiger partial charge on any atom is 0.157 e. The first-order chi connectivity index (χ1) is 17.1. The monoisotopic (exact) mass is 495 g/mol. The lowest BCUT2D eigenvalue weighted by atomic mass is 9.42. The average Bonchev–Trinajstić information content (AvgIpc) is 3.39. The van der Waals surface area contributed by atoms with Gasteiger partial charge in [0.25, 0.3) is 0 Å². The number of nitrogens with zero attached hydrogens (tertiary/aromatic N) is 3. The van der Waals surface area contributed by atoms with Crippen LogP contribution in [0.1, 0.15) is 90.5 Å². The fraction of sp³-hybridized carbons (Fsp3) is 0.767. The van der Waals surface area contributed by atoms with Crippen molar-refractivity contribution in [3.63, 3.8) is 0 Å². The van der Waals surface area contributed by atoms with E-state index < -0.39 is 5.60 Å². The Hall–Kier alpha value is -1.82. The molecule has 36 heavy (non-hydrogen) atoms. The maximum absolute atomic E-state index is 14.1. The first-order valence-corrected chi connectivity index (χ1v) is 14.3. The fourth-order valence-electron chi connectivity index (χ4n) is 10.0. The molecule has 0 spiro atoms. The van der Waals surface area contributed by atoms with Gasteiger partial charge in [0.1, 0.15) is 17.9 Å². The van der Waals surface area contributed by atoms with Gasteiger partial charge in [-0.25, -0.2) is 9.07 Å². The van der Waals surface area contributed by atoms with Gasteiger partial charge in [0.2, 0.25) is 0 Å². The molecule has 196 valence electrons. The summed E-state index contributed by atoms with van der Waals surface area (Å²) >= 11 is 0. The number of hydrogen-bond donors (Lipinski definition) is 1. The Bertz CT molecular complexity index is 1190. The summed E-state index contributed by atoms with van der Waals surface area (Å²) in [6.45, 7) is 8.83. The number of ketones is 1. The Morgan fingerprint density at radius 2 is 1.92 bits per heavy atom. The van der Waals surface area contributed by atoms with Crippen LogP contribution in [0.3, 0.4) is 0 Å². The van der Waals surface area contributed by atoms with Gasteiger partial charge in [0.05, 0.1) is 11.1 Å². The highest BCUT2D eigenvalue weighted by molar-refractivity contribution is 5.85. The van der Waals surface area contributed by atoms with Crippen molar-refractivity contribution < 1.29 is 14.3 Å². The second kappa shape index (κ2) is 8.34. The molecule has 4 saturated carbocycles. The zero-order valence-corrected chi connectivity index (χ0v) is 22.4. The third kappa shape index (κ3) is 3.53. The molecule has 0 bridgehead atoms. The number of halogens is 1. The molecule has 1 aromatic carbocycles. The highest BCUT2D eigenvalue weighted by Crippen LogP contribution is 2.69. The largest absolute Gasteiger partial charge is 0.390 e. The first kappa shape index (κ1) is 24.5. The molecular weight excluding hydrogens is 453 g/mol. The minimum Gasteiger partial charge on any atom is -0.390 e. The van der Waals surface area contributed by atoms with E-state index in [1.807, 2.05) is 13.8 Å². The van der Waals surface area contributed by atoms with E-state index in [-0.39, 0.29) is 29.5 Å². The highest BCUT2D eigenvalue weighted by Gasteiger charge is 2.62. The summed E-state index contributed by atoms with van der Waals surface area (Å²) in [5.41, 5.74) is 1.94. The number of hydrogen-bond acceptors (Lipinski definition) is 4. The fourth-order valence-corrected chi connectivity index (χ4v) is 10.0. The number of Topliss-reactive ketones (excluding diaryl/α,β-unsaturated/α-hetero) is 1. The van der Waals surface area contributed by atoms with Crippen LogP contribution in [0.25, 0.3) is 11.0 Å². The molecule has 8 atom stereocenters. The second-order valence-corrected chi connectivity index (χ2v) is 13.4. The number of benzene rings is 1. The Labute approximate surface area is 214 Å². The molecule has 1 N–H and O–H groups in total. The first-order valence-electron chi connectivity index (χ1n) is 14.3. The maximum atomic E-state index is 14.1. The van der Waals surface area contributed by atoms with E-state index in [9.17, 15) is 14.3 Å². The van der Waals surface area contributed by atoms with E-state index in [4.69, 9.17) is 0 Å². The van der Waals surface area contributed by atoms with Crippen LogP contribution in [-0.4, -0.2) is 31.5 Å². The summed E-state index contributed by atoms with van der Waals surface area (Å²) in [7, 11) is 0. The normalized spacial score (nSPS) is 42.1. The molecule has 0 unspecified atom stereocenters. The van der Waals surface area contributed by atoms with E-state index in [2.05, 4.69) is 24.2 Å². The van der Waals surface area contributed by atoms with Crippen LogP contribution >= 0.6 is 0 Å². The van der Waals surface area contributed by atoms with Gasteiger partial charge in [-0.1, -0.05) is 19.1 Å². The molecule has 0 amide bonds. The van der Waals surface area contributed by atoms with E-state index in [1.54, 1.807) is 4.68 Å². The molecule has 2 aromatic rings. The molecule has 4 aliphatic carbocycles. The minimum atomic E-state index is -0.503. The lowest BCUT2D eigenvalue weighted by Gasteiger charge is -2.63. The van der Waals surface area contributed by atoms with Gasteiger partial charge in [-0.2, -0.15) is 0 Å². The van der Waals surface area contributed by atoms with Gasteiger partial charge in [0, 0.05) is 12.0 Å². The van der Waals surface area contributed by atoms with Gasteiger partial charge in [-0.3, -0.25) is 4.79 Å². The second-order valence-electron chi connectivity index (χ2n) is 13.4. The Balaban J connectivity index is 1.24. The summed E-state index contributed by atoms with van der Waals surface area (Å²) in [6.07, 6.45) is 11.2. The zero-order chi connectivity index (χ0) is 25.5. The molecule has 5 nitrogen and oxygen atoms in total. The van der Waals surface area contributed by atoms with Gasteiger partial charge >= 0.3 is 0 Å². The van der Waals surface area contributed by atoms with E-state index in [1.165, 1.54) is 37.8 Å². The predicted octanol–water partition coefficient (Wildman–Crippen LogP) is 6.25. The number of rotatable bonds is 4. The van der Waals surface area contributed by atoms with Gasteiger partial charge in [0.15, 0.2) is 5.78 Å². The smallest absolute Gasteiger partial charge is 0.157 e. The summed E-state index contributed by atoms with van der Waals surface area (Å²) in [5.74, 6) is 2.63. The topological polar surface area (TPSA) is 68.0 Å². The lowest BCUT2D eigenvalue weighted by Crippen LogP contribution is -2.56. The van der Waals surface area contributed by atoms with Crippen molar-refractivity contribution in [2.45, 2.75) is 104 Å². The van der Waals surface area contributed by atoms with E-state index in [0.29, 0.717) is 34.2 Å². The summed E-state index contributed by atoms with van der Waals surface area (Å²) < 4.78 is 15.7. The molecule has 0 radical (unpaired) electrons. The number of aryl methyl sites for hydroxylation is 1. The number of aliphatic hydroxyl groups is 1. The summed E-state index contributed by atoms with van der Waals surface area (Å²) in [5, 5.41) is 19.3. The third-order valence-corrected chi connectivity index (χ3v) is 11.8. The predicted molar refractivity (Wildman–Crippen MR) is 138 cm³/mol. The Morgan fingerprint density at radius 3 is 2.69 bits per heavy atom. The van der Waals surface area contributed by atoms with Crippen LogP contribution in [0.5, 0.6) is 0 Å². The summed E-state index contributed by atoms with van der Waals surface area (Å²) in [6, 6.07) is 2.92. The SMILES string of the molecule is CC[C@]12CC[C@@](C)(O)C[C@@H]1CC[C@H]1[C@@H]3CC[C@H](C(=O)Cn4nnc5c(C)cc(F)cc54)[C@@]3(C)CC[C@@H]12. The van der Waals surface area contributed by atoms with Gasteiger partial charge < -0.3 is 5.11 Å². The van der Waals surface area contributed by atoms with Crippen molar-refractivity contribution in [1.82, 2.24) is 15.0 Å². The Kier molecular flexibility index (Phi) is 5.68. The average molecular weight is 496 g/mol. The van der Waals surface area contributed by atoms with Crippen molar-refractivity contribution in [1.29, 1.82) is 0 Å². The standard InChI is InChI=1S/C30H42FN3O2/c1-5-30-13-12-28(3,36)16-19(30)6-7-21-22-8-9-24(29(22,4)11-10-23(21)30)26(35)17-34-25-15-20(31)14-18(2)27(25)32-33-34/h14-15,19,21-24,36H,5-13,16-17H2,1-4H3/t19-,21-,22-,23-,24+,28+,29-,30-/m0/s1. The zero-order valence-electron chi connectivity index (χ0n) is 22.4. The molecule has 0 saturated heterocycles. The van der Waals surface area contributed by atoms with E-state index >= 15 is 0 Å². The Morgan fingerprint density at radius 1 is 1.11 bits per heavy atom. The summed E-state index contributed by atoms with van der Waals surface area (Å²) in [4.78, 5) is 13.8. The molecule has 1 heterocycles. The van der Waals surface area contributed by atoms with Crippen LogP contribution in [-0.2, 0) is 11.3 Å². The van der Waals surface area contributed by atoms with Crippen molar-refractivity contribution in [2.75, 3.05) is 0 Å². The highest BCUT2D eigenvalue weighted by atomic mass is 19.1. The van der Waals surface area contributed by atoms with Crippen LogP contribution < -0.4 is 0 Å². The van der Waals surface area contributed by atoms with Crippen LogP contribution in [0.4, 0.5) is 4.39 Å². The molecule has 6 rings (SSSR count). The quantitative estimate of drug-likeness (QED) is 0.545. The third-order valence-electron chi connectivity index (χ3n) is 11.8. The minimum absolute atomic E-state index is 0.0394. The number of carbonyl (C=O) groups is 1. The van der Waals surface area contributed by atoms with Gasteiger partial charge in [-0.05, 0) is 124 Å². The van der Waals surface area contributed by atoms with Crippen molar-refractivity contribution in [2.24, 2.45) is 40.4 Å². The van der Waals surface area contributed by atoms with Gasteiger partial charge in [-0.15, -0.1) is 5.10 Å². The molecular formula is C30H42FN3O2. The van der Waals surface area contributed by atoms with Crippen molar-refractivity contribution in [3.8, 4) is 0 Å².